The van der Waals surface area contributed by atoms with Crippen LogP contribution in [0.1, 0.15) is 43.1 Å². The molecule has 1 aromatic rings. The Morgan fingerprint density at radius 2 is 2.18 bits per heavy atom. The summed E-state index contributed by atoms with van der Waals surface area (Å²) in [5, 5.41) is 0. The zero-order valence-electron chi connectivity index (χ0n) is 13.3. The second-order valence-electron chi connectivity index (χ2n) is 6.37. The molecule has 0 aromatic carbocycles. The summed E-state index contributed by atoms with van der Waals surface area (Å²) in [4.78, 5) is 6.97. The maximum atomic E-state index is 11.4. The number of likely N-dealkylation sites (tertiary alicyclic amines) is 1. The van der Waals surface area contributed by atoms with Crippen LogP contribution in [0.25, 0.3) is 0 Å². The summed E-state index contributed by atoms with van der Waals surface area (Å²) in [6.45, 7) is 2.92. The van der Waals surface area contributed by atoms with E-state index in [1.807, 2.05) is 6.33 Å². The molecule has 1 N–H and O–H groups in total. The minimum absolute atomic E-state index is 0.213. The number of imidazole rings is 1. The molecule has 22 heavy (non-hydrogen) atoms. The van der Waals surface area contributed by atoms with Gasteiger partial charge < -0.3 is 9.47 Å². The van der Waals surface area contributed by atoms with Crippen LogP contribution < -0.4 is 4.72 Å². The van der Waals surface area contributed by atoms with Crippen LogP contribution in [-0.4, -0.2) is 55.3 Å². The Morgan fingerprint density at radius 3 is 3.00 bits per heavy atom. The quantitative estimate of drug-likeness (QED) is 0.845. The van der Waals surface area contributed by atoms with Gasteiger partial charge in [-0.3, -0.25) is 0 Å². The Labute approximate surface area is 133 Å². The van der Waals surface area contributed by atoms with E-state index in [1.54, 1.807) is 0 Å². The van der Waals surface area contributed by atoms with Crippen molar-refractivity contribution in [2.24, 2.45) is 0 Å². The first-order valence-electron chi connectivity index (χ1n) is 8.27. The lowest BCUT2D eigenvalue weighted by atomic mass is 10.0. The van der Waals surface area contributed by atoms with Crippen molar-refractivity contribution in [1.29, 1.82) is 0 Å². The van der Waals surface area contributed by atoms with E-state index in [0.717, 1.165) is 38.9 Å². The third-order valence-corrected chi connectivity index (χ3v) is 6.35. The molecule has 0 radical (unpaired) electrons. The smallest absolute Gasteiger partial charge is 0.211 e. The predicted octanol–water partition coefficient (Wildman–Crippen LogP) is 0.948. The van der Waals surface area contributed by atoms with Gasteiger partial charge in [-0.25, -0.2) is 18.1 Å². The van der Waals surface area contributed by atoms with Gasteiger partial charge in [0.05, 0.1) is 17.8 Å². The second-order valence-corrected chi connectivity index (χ2v) is 8.42. The number of hydrogen-bond donors (Lipinski definition) is 1. The fraction of sp³-hybridized carbons (Fsp3) is 0.800. The molecular weight excluding hydrogens is 300 g/mol. The molecule has 1 aromatic heterocycles. The highest BCUT2D eigenvalue weighted by atomic mass is 32.2. The van der Waals surface area contributed by atoms with Gasteiger partial charge >= 0.3 is 0 Å². The summed E-state index contributed by atoms with van der Waals surface area (Å²) in [7, 11) is -1.60. The molecule has 7 heteroatoms. The Morgan fingerprint density at radius 1 is 1.36 bits per heavy atom. The SMILES string of the molecule is CNS(=O)(=O)CCCN1CC[C@H](n2cnc3c2CCCC3)C1. The predicted molar refractivity (Wildman–Crippen MR) is 86.4 cm³/mol. The van der Waals surface area contributed by atoms with Gasteiger partial charge in [-0.2, -0.15) is 0 Å². The highest BCUT2D eigenvalue weighted by molar-refractivity contribution is 7.89. The van der Waals surface area contributed by atoms with Crippen LogP contribution in [-0.2, 0) is 22.9 Å². The Balaban J connectivity index is 1.53. The molecule has 1 saturated heterocycles. The van der Waals surface area contributed by atoms with Crippen LogP contribution in [0.2, 0.25) is 0 Å². The van der Waals surface area contributed by atoms with Crippen LogP contribution in [0.5, 0.6) is 0 Å². The number of nitrogens with one attached hydrogen (secondary N) is 1. The third-order valence-electron chi connectivity index (χ3n) is 4.90. The fourth-order valence-corrected chi connectivity index (χ4v) is 4.34. The van der Waals surface area contributed by atoms with Gasteiger partial charge in [-0.05, 0) is 52.1 Å². The Kier molecular flexibility index (Phi) is 4.84. The molecule has 1 aliphatic heterocycles. The van der Waals surface area contributed by atoms with Gasteiger partial charge in [0.1, 0.15) is 0 Å². The monoisotopic (exact) mass is 326 g/mol. The van der Waals surface area contributed by atoms with Crippen molar-refractivity contribution in [3.05, 3.63) is 17.7 Å². The zero-order valence-corrected chi connectivity index (χ0v) is 14.1. The number of aryl methyl sites for hydroxylation is 1. The van der Waals surface area contributed by atoms with Crippen LogP contribution >= 0.6 is 0 Å². The molecule has 2 aliphatic rings. The lowest BCUT2D eigenvalue weighted by Crippen LogP contribution is -2.27. The average molecular weight is 326 g/mol. The first kappa shape index (κ1) is 16.0. The van der Waals surface area contributed by atoms with Crippen molar-refractivity contribution in [1.82, 2.24) is 19.2 Å². The van der Waals surface area contributed by atoms with Crippen LogP contribution in [0, 0.1) is 0 Å². The number of hydrogen-bond acceptors (Lipinski definition) is 4. The molecule has 6 nitrogen and oxygen atoms in total. The molecule has 0 saturated carbocycles. The maximum absolute atomic E-state index is 11.4. The van der Waals surface area contributed by atoms with Crippen molar-refractivity contribution >= 4 is 10.0 Å². The van der Waals surface area contributed by atoms with E-state index >= 15 is 0 Å². The first-order valence-corrected chi connectivity index (χ1v) is 9.92. The molecule has 2 heterocycles. The highest BCUT2D eigenvalue weighted by Gasteiger charge is 2.27. The van der Waals surface area contributed by atoms with E-state index in [0.29, 0.717) is 12.5 Å². The van der Waals surface area contributed by atoms with Gasteiger partial charge in [-0.1, -0.05) is 0 Å². The molecular formula is C15H26N4O2S. The molecule has 1 aliphatic carbocycles. The number of sulfonamides is 1. The van der Waals surface area contributed by atoms with Crippen LogP contribution in [0.15, 0.2) is 6.33 Å². The van der Waals surface area contributed by atoms with Crippen molar-refractivity contribution in [2.75, 3.05) is 32.4 Å². The van der Waals surface area contributed by atoms with E-state index in [2.05, 4.69) is 19.2 Å². The minimum atomic E-state index is -3.07. The average Bonchev–Trinajstić information content (AvgIpc) is 3.13. The molecule has 1 fully saturated rings. The van der Waals surface area contributed by atoms with E-state index in [1.165, 1.54) is 31.3 Å². The molecule has 1 atom stereocenters. The lowest BCUT2D eigenvalue weighted by Gasteiger charge is -2.20. The molecule has 0 bridgehead atoms. The standard InChI is InChI=1S/C15H26N4O2S/c1-16-22(20,21)10-4-8-18-9-7-13(11-18)19-12-17-14-5-2-3-6-15(14)19/h12-13,16H,2-11H2,1H3/t13-/m0/s1. The number of fused-ring (bicyclic) bond motifs is 1. The van der Waals surface area contributed by atoms with Gasteiger partial charge in [0.2, 0.25) is 10.0 Å². The van der Waals surface area contributed by atoms with Crippen molar-refractivity contribution in [2.45, 2.75) is 44.6 Å². The topological polar surface area (TPSA) is 67.2 Å². The molecule has 0 spiro atoms. The summed E-state index contributed by atoms with van der Waals surface area (Å²) < 4.78 is 27.6. The van der Waals surface area contributed by atoms with Crippen molar-refractivity contribution in [3.63, 3.8) is 0 Å². The molecule has 3 rings (SSSR count). The lowest BCUT2D eigenvalue weighted by molar-refractivity contribution is 0.323. The van der Waals surface area contributed by atoms with Crippen LogP contribution in [0.3, 0.4) is 0 Å². The van der Waals surface area contributed by atoms with E-state index in [4.69, 9.17) is 0 Å². The Hall–Kier alpha value is -0.920. The molecule has 0 amide bonds. The fourth-order valence-electron chi connectivity index (χ4n) is 3.63. The minimum Gasteiger partial charge on any atom is -0.330 e. The van der Waals surface area contributed by atoms with Gasteiger partial charge in [0.15, 0.2) is 0 Å². The number of aromatic nitrogens is 2. The highest BCUT2D eigenvalue weighted by Crippen LogP contribution is 2.28. The maximum Gasteiger partial charge on any atom is 0.211 e. The summed E-state index contributed by atoms with van der Waals surface area (Å²) in [5.74, 6) is 0.213. The summed E-state index contributed by atoms with van der Waals surface area (Å²) >= 11 is 0. The van der Waals surface area contributed by atoms with Gasteiger partial charge in [-0.15, -0.1) is 0 Å². The van der Waals surface area contributed by atoms with E-state index < -0.39 is 10.0 Å². The van der Waals surface area contributed by atoms with Gasteiger partial charge in [0, 0.05) is 24.8 Å². The number of nitrogens with zero attached hydrogens (tertiary/aromatic N) is 3. The summed E-state index contributed by atoms with van der Waals surface area (Å²) in [6.07, 6.45) is 8.68. The summed E-state index contributed by atoms with van der Waals surface area (Å²) in [6, 6.07) is 0.509. The zero-order chi connectivity index (χ0) is 15.6. The first-order chi connectivity index (χ1) is 10.6. The van der Waals surface area contributed by atoms with Crippen molar-refractivity contribution < 1.29 is 8.42 Å². The number of rotatable bonds is 6. The molecule has 0 unspecified atom stereocenters. The Bertz CT molecular complexity index is 611. The second kappa shape index (κ2) is 6.68. The summed E-state index contributed by atoms with van der Waals surface area (Å²) in [5.41, 5.74) is 2.74. The molecule has 124 valence electrons. The van der Waals surface area contributed by atoms with Crippen molar-refractivity contribution in [3.8, 4) is 0 Å². The van der Waals surface area contributed by atoms with E-state index in [9.17, 15) is 8.42 Å². The van der Waals surface area contributed by atoms with E-state index in [-0.39, 0.29) is 5.75 Å². The largest absolute Gasteiger partial charge is 0.330 e. The third kappa shape index (κ3) is 3.52. The van der Waals surface area contributed by atoms with Crippen LogP contribution in [0.4, 0.5) is 0 Å². The van der Waals surface area contributed by atoms with Gasteiger partial charge in [0.25, 0.3) is 0 Å². The normalized spacial score (nSPS) is 22.9.